The molecule has 0 spiro atoms. The van der Waals surface area contributed by atoms with Gasteiger partial charge in [0.2, 0.25) is 5.89 Å². The summed E-state index contributed by atoms with van der Waals surface area (Å²) in [6, 6.07) is 13.7. The first-order chi connectivity index (χ1) is 13.4. The van der Waals surface area contributed by atoms with Crippen molar-refractivity contribution in [3.8, 4) is 11.5 Å². The number of halogens is 4. The first-order valence-corrected chi connectivity index (χ1v) is 9.20. The number of hydrogen-bond acceptors (Lipinski definition) is 3. The molecule has 0 aliphatic carbocycles. The van der Waals surface area contributed by atoms with Gasteiger partial charge in [-0.1, -0.05) is 33.6 Å². The molecule has 4 rings (SSSR count). The molecule has 0 fully saturated rings. The summed E-state index contributed by atoms with van der Waals surface area (Å²) in [6.45, 7) is 0. The zero-order chi connectivity index (χ0) is 19.8. The molecule has 0 saturated carbocycles. The number of rotatable bonds is 3. The van der Waals surface area contributed by atoms with E-state index in [0.29, 0.717) is 22.4 Å². The summed E-state index contributed by atoms with van der Waals surface area (Å²) in [5, 5.41) is 2.76. The summed E-state index contributed by atoms with van der Waals surface area (Å²) in [7, 11) is 0. The van der Waals surface area contributed by atoms with Gasteiger partial charge in [0.15, 0.2) is 17.2 Å². The van der Waals surface area contributed by atoms with Crippen LogP contribution in [0.3, 0.4) is 0 Å². The van der Waals surface area contributed by atoms with E-state index in [0.717, 1.165) is 16.6 Å². The second-order valence-electron chi connectivity index (χ2n) is 5.91. The molecule has 0 radical (unpaired) electrons. The van der Waals surface area contributed by atoms with Gasteiger partial charge in [0, 0.05) is 15.7 Å². The van der Waals surface area contributed by atoms with Gasteiger partial charge < -0.3 is 9.73 Å². The van der Waals surface area contributed by atoms with Gasteiger partial charge in [0.1, 0.15) is 5.52 Å². The van der Waals surface area contributed by atoms with Gasteiger partial charge in [-0.3, -0.25) is 4.79 Å². The smallest absolute Gasteiger partial charge is 0.255 e. The zero-order valence-corrected chi connectivity index (χ0v) is 16.3. The van der Waals surface area contributed by atoms with Crippen molar-refractivity contribution in [1.29, 1.82) is 0 Å². The third-order valence-electron chi connectivity index (χ3n) is 3.97. The maximum absolute atomic E-state index is 13.5. The zero-order valence-electron chi connectivity index (χ0n) is 14.0. The van der Waals surface area contributed by atoms with Crippen LogP contribution in [0.1, 0.15) is 10.4 Å². The molecule has 0 atom stereocenters. The standard InChI is InChI=1S/C20H10BrClF2N2O2/c21-11-3-1-2-10(6-11)19(27)25-12-4-5-18-17(7-12)26-20(28-18)13-8-15(23)16(24)9-14(13)22/h1-9H,(H,25,27). The van der Waals surface area contributed by atoms with Crippen LogP contribution in [0.4, 0.5) is 14.5 Å². The fraction of sp³-hybridized carbons (Fsp3) is 0. The minimum absolute atomic E-state index is 0.0198. The SMILES string of the molecule is O=C(Nc1ccc2oc(-c3cc(F)c(F)cc3Cl)nc2c1)c1cccc(Br)c1. The van der Waals surface area contributed by atoms with Crippen LogP contribution in [0, 0.1) is 11.6 Å². The largest absolute Gasteiger partial charge is 0.436 e. The lowest BCUT2D eigenvalue weighted by molar-refractivity contribution is 0.102. The number of carbonyl (C=O) groups excluding carboxylic acids is 1. The molecular weight excluding hydrogens is 454 g/mol. The van der Waals surface area contributed by atoms with Crippen LogP contribution in [0.5, 0.6) is 0 Å². The Morgan fingerprint density at radius 2 is 1.86 bits per heavy atom. The Labute approximate surface area is 171 Å². The van der Waals surface area contributed by atoms with Crippen molar-refractivity contribution < 1.29 is 18.0 Å². The third kappa shape index (κ3) is 3.63. The third-order valence-corrected chi connectivity index (χ3v) is 4.78. The first-order valence-electron chi connectivity index (χ1n) is 8.03. The van der Waals surface area contributed by atoms with Crippen LogP contribution in [0.15, 0.2) is 63.5 Å². The van der Waals surface area contributed by atoms with Crippen molar-refractivity contribution in [1.82, 2.24) is 4.98 Å². The molecule has 3 aromatic carbocycles. The summed E-state index contributed by atoms with van der Waals surface area (Å²) in [5.41, 5.74) is 1.98. The number of benzene rings is 3. The Morgan fingerprint density at radius 1 is 1.07 bits per heavy atom. The molecule has 0 unspecified atom stereocenters. The van der Waals surface area contributed by atoms with Gasteiger partial charge in [0.05, 0.1) is 10.6 Å². The molecule has 1 amide bonds. The summed E-state index contributed by atoms with van der Waals surface area (Å²) >= 11 is 9.30. The van der Waals surface area contributed by atoms with E-state index in [1.165, 1.54) is 0 Å². The van der Waals surface area contributed by atoms with Crippen LogP contribution in [0.2, 0.25) is 5.02 Å². The van der Waals surface area contributed by atoms with Crippen molar-refractivity contribution >= 4 is 50.2 Å². The number of aromatic nitrogens is 1. The monoisotopic (exact) mass is 462 g/mol. The number of oxazole rings is 1. The van der Waals surface area contributed by atoms with E-state index in [4.69, 9.17) is 16.0 Å². The highest BCUT2D eigenvalue weighted by molar-refractivity contribution is 9.10. The minimum Gasteiger partial charge on any atom is -0.436 e. The molecule has 140 valence electrons. The molecule has 28 heavy (non-hydrogen) atoms. The molecule has 8 heteroatoms. The summed E-state index contributed by atoms with van der Waals surface area (Å²) in [5.74, 6) is -2.34. The van der Waals surface area contributed by atoms with Crippen molar-refractivity contribution in [2.45, 2.75) is 0 Å². The van der Waals surface area contributed by atoms with Crippen LogP contribution < -0.4 is 5.32 Å². The van der Waals surface area contributed by atoms with Crippen LogP contribution in [-0.2, 0) is 0 Å². The second kappa shape index (κ2) is 7.33. The molecule has 1 N–H and O–H groups in total. The number of amides is 1. The fourth-order valence-corrected chi connectivity index (χ4v) is 3.27. The number of nitrogens with zero attached hydrogens (tertiary/aromatic N) is 1. The van der Waals surface area contributed by atoms with Crippen LogP contribution in [0.25, 0.3) is 22.6 Å². The highest BCUT2D eigenvalue weighted by Crippen LogP contribution is 2.32. The Hall–Kier alpha value is -2.77. The molecule has 0 bridgehead atoms. The topological polar surface area (TPSA) is 55.1 Å². The fourth-order valence-electron chi connectivity index (χ4n) is 2.64. The lowest BCUT2D eigenvalue weighted by Gasteiger charge is -2.05. The molecule has 0 saturated heterocycles. The number of nitrogens with one attached hydrogen (secondary N) is 1. The van der Waals surface area contributed by atoms with Gasteiger partial charge in [0.25, 0.3) is 5.91 Å². The summed E-state index contributed by atoms with van der Waals surface area (Å²) < 4.78 is 33.2. The highest BCUT2D eigenvalue weighted by Gasteiger charge is 2.16. The normalized spacial score (nSPS) is 11.0. The molecular formula is C20H10BrClF2N2O2. The second-order valence-corrected chi connectivity index (χ2v) is 7.24. The number of anilines is 1. The lowest BCUT2D eigenvalue weighted by atomic mass is 10.2. The minimum atomic E-state index is -1.05. The molecule has 0 aliphatic rings. The quantitative estimate of drug-likeness (QED) is 0.356. The maximum Gasteiger partial charge on any atom is 0.255 e. The van der Waals surface area contributed by atoms with Crippen molar-refractivity contribution in [3.63, 3.8) is 0 Å². The van der Waals surface area contributed by atoms with Gasteiger partial charge in [-0.2, -0.15) is 0 Å². The van der Waals surface area contributed by atoms with Gasteiger partial charge in [-0.15, -0.1) is 0 Å². The van der Waals surface area contributed by atoms with E-state index in [2.05, 4.69) is 26.2 Å². The van der Waals surface area contributed by atoms with Crippen molar-refractivity contribution in [2.24, 2.45) is 0 Å². The van der Waals surface area contributed by atoms with Gasteiger partial charge >= 0.3 is 0 Å². The van der Waals surface area contributed by atoms with E-state index in [1.807, 2.05) is 6.07 Å². The van der Waals surface area contributed by atoms with Gasteiger partial charge in [-0.25, -0.2) is 13.8 Å². The average molecular weight is 464 g/mol. The Bertz CT molecular complexity index is 1230. The van der Waals surface area contributed by atoms with Crippen LogP contribution in [-0.4, -0.2) is 10.9 Å². The number of carbonyl (C=O) groups is 1. The average Bonchev–Trinajstić information content (AvgIpc) is 3.07. The summed E-state index contributed by atoms with van der Waals surface area (Å²) in [6.07, 6.45) is 0. The predicted molar refractivity (Wildman–Crippen MR) is 106 cm³/mol. The Morgan fingerprint density at radius 3 is 2.64 bits per heavy atom. The van der Waals surface area contributed by atoms with E-state index < -0.39 is 11.6 Å². The first kappa shape index (κ1) is 18.6. The van der Waals surface area contributed by atoms with Crippen molar-refractivity contribution in [3.05, 3.63) is 81.3 Å². The van der Waals surface area contributed by atoms with E-state index >= 15 is 0 Å². The predicted octanol–water partition coefficient (Wildman–Crippen LogP) is 6.44. The summed E-state index contributed by atoms with van der Waals surface area (Å²) in [4.78, 5) is 16.6. The number of hydrogen-bond donors (Lipinski definition) is 1. The highest BCUT2D eigenvalue weighted by atomic mass is 79.9. The van der Waals surface area contributed by atoms with Gasteiger partial charge in [-0.05, 0) is 48.5 Å². The Kier molecular flexibility index (Phi) is 4.87. The Balaban J connectivity index is 1.65. The molecule has 4 nitrogen and oxygen atoms in total. The maximum atomic E-state index is 13.5. The van der Waals surface area contributed by atoms with E-state index in [-0.39, 0.29) is 22.4 Å². The molecule has 0 aliphatic heterocycles. The molecule has 1 heterocycles. The number of fused-ring (bicyclic) bond motifs is 1. The van der Waals surface area contributed by atoms with Crippen LogP contribution >= 0.6 is 27.5 Å². The molecule has 1 aromatic heterocycles. The van der Waals surface area contributed by atoms with Crippen molar-refractivity contribution in [2.75, 3.05) is 5.32 Å². The lowest BCUT2D eigenvalue weighted by Crippen LogP contribution is -2.11. The van der Waals surface area contributed by atoms with E-state index in [1.54, 1.807) is 36.4 Å². The molecule has 4 aromatic rings. The van der Waals surface area contributed by atoms with E-state index in [9.17, 15) is 13.6 Å².